The van der Waals surface area contributed by atoms with Crippen molar-refractivity contribution < 1.29 is 4.74 Å². The van der Waals surface area contributed by atoms with E-state index >= 15 is 0 Å². The number of nitrogens with zero attached hydrogens (tertiary/aromatic N) is 2. The number of ether oxygens (including phenoxy) is 1. The molecular formula is C16H25N3O. The molecule has 2 saturated heterocycles. The highest BCUT2D eigenvalue weighted by atomic mass is 16.5. The van der Waals surface area contributed by atoms with Crippen LogP contribution in [-0.2, 0) is 4.74 Å². The minimum absolute atomic E-state index is 0.605. The lowest BCUT2D eigenvalue weighted by Gasteiger charge is -2.34. The van der Waals surface area contributed by atoms with Gasteiger partial charge in [0.05, 0.1) is 24.6 Å². The molecule has 4 nitrogen and oxygen atoms in total. The van der Waals surface area contributed by atoms with Crippen LogP contribution in [0.25, 0.3) is 0 Å². The van der Waals surface area contributed by atoms with E-state index < -0.39 is 0 Å². The molecule has 20 heavy (non-hydrogen) atoms. The molecule has 1 aromatic rings. The zero-order valence-corrected chi connectivity index (χ0v) is 12.3. The molecule has 0 aromatic heterocycles. The van der Waals surface area contributed by atoms with Gasteiger partial charge in [-0.15, -0.1) is 0 Å². The van der Waals surface area contributed by atoms with Crippen LogP contribution in [0.5, 0.6) is 0 Å². The Hall–Kier alpha value is -1.26. The van der Waals surface area contributed by atoms with Crippen LogP contribution in [0.15, 0.2) is 24.3 Å². The molecule has 0 unspecified atom stereocenters. The van der Waals surface area contributed by atoms with Crippen molar-refractivity contribution in [2.24, 2.45) is 0 Å². The summed E-state index contributed by atoms with van der Waals surface area (Å²) in [6.07, 6.45) is 2.46. The molecule has 0 aliphatic carbocycles. The van der Waals surface area contributed by atoms with Crippen LogP contribution >= 0.6 is 0 Å². The minimum Gasteiger partial charge on any atom is -0.381 e. The second-order valence-corrected chi connectivity index (χ2v) is 5.84. The Morgan fingerprint density at radius 2 is 1.75 bits per heavy atom. The maximum Gasteiger partial charge on any atom is 0.0642 e. The van der Waals surface area contributed by atoms with Gasteiger partial charge in [-0.05, 0) is 45.1 Å². The van der Waals surface area contributed by atoms with E-state index in [1.54, 1.807) is 0 Å². The van der Waals surface area contributed by atoms with Crippen molar-refractivity contribution in [2.75, 3.05) is 56.7 Å². The fraction of sp³-hybridized carbons (Fsp3) is 0.625. The van der Waals surface area contributed by atoms with Crippen molar-refractivity contribution in [2.45, 2.75) is 18.9 Å². The maximum atomic E-state index is 5.46. The number of para-hydroxylation sites is 2. The zero-order chi connectivity index (χ0) is 13.8. The van der Waals surface area contributed by atoms with E-state index in [1.807, 2.05) is 0 Å². The number of morpholine rings is 1. The van der Waals surface area contributed by atoms with Crippen molar-refractivity contribution in [3.63, 3.8) is 0 Å². The first-order valence-corrected chi connectivity index (χ1v) is 7.70. The van der Waals surface area contributed by atoms with Crippen LogP contribution in [0.2, 0.25) is 0 Å². The Morgan fingerprint density at radius 1 is 1.05 bits per heavy atom. The highest BCUT2D eigenvalue weighted by molar-refractivity contribution is 5.70. The van der Waals surface area contributed by atoms with Crippen LogP contribution < -0.4 is 10.2 Å². The Bertz CT molecular complexity index is 423. The lowest BCUT2D eigenvalue weighted by Crippen LogP contribution is -2.38. The van der Waals surface area contributed by atoms with Gasteiger partial charge in [-0.1, -0.05) is 12.1 Å². The molecule has 0 amide bonds. The lowest BCUT2D eigenvalue weighted by atomic mass is 10.0. The Balaban J connectivity index is 1.69. The first-order chi connectivity index (χ1) is 9.83. The predicted molar refractivity (Wildman–Crippen MR) is 83.6 cm³/mol. The van der Waals surface area contributed by atoms with Crippen molar-refractivity contribution in [1.29, 1.82) is 0 Å². The van der Waals surface area contributed by atoms with E-state index in [9.17, 15) is 0 Å². The van der Waals surface area contributed by atoms with E-state index in [2.05, 4.69) is 46.4 Å². The molecule has 0 atom stereocenters. The van der Waals surface area contributed by atoms with Gasteiger partial charge in [0.25, 0.3) is 0 Å². The summed E-state index contributed by atoms with van der Waals surface area (Å²) in [7, 11) is 2.21. The third kappa shape index (κ3) is 3.25. The van der Waals surface area contributed by atoms with Crippen LogP contribution in [0.4, 0.5) is 11.4 Å². The Morgan fingerprint density at radius 3 is 2.50 bits per heavy atom. The molecule has 110 valence electrons. The zero-order valence-electron chi connectivity index (χ0n) is 12.3. The third-order valence-corrected chi connectivity index (χ3v) is 4.33. The quantitative estimate of drug-likeness (QED) is 0.913. The number of rotatable bonds is 3. The van der Waals surface area contributed by atoms with Gasteiger partial charge in [0.15, 0.2) is 0 Å². The molecule has 3 rings (SSSR count). The summed E-state index contributed by atoms with van der Waals surface area (Å²) in [5.41, 5.74) is 2.61. The van der Waals surface area contributed by atoms with Crippen LogP contribution in [0.1, 0.15) is 12.8 Å². The van der Waals surface area contributed by atoms with Gasteiger partial charge >= 0.3 is 0 Å². The first kappa shape index (κ1) is 13.7. The van der Waals surface area contributed by atoms with E-state index in [0.717, 1.165) is 26.3 Å². The molecular weight excluding hydrogens is 250 g/mol. The molecule has 0 bridgehead atoms. The third-order valence-electron chi connectivity index (χ3n) is 4.33. The number of likely N-dealkylation sites (tertiary alicyclic amines) is 1. The topological polar surface area (TPSA) is 27.7 Å². The molecule has 0 saturated carbocycles. The van der Waals surface area contributed by atoms with E-state index in [0.29, 0.717) is 6.04 Å². The summed E-state index contributed by atoms with van der Waals surface area (Å²) in [5.74, 6) is 0. The average Bonchev–Trinajstić information content (AvgIpc) is 2.51. The molecule has 1 N–H and O–H groups in total. The molecule has 2 heterocycles. The monoisotopic (exact) mass is 275 g/mol. The molecule has 2 aliphatic heterocycles. The van der Waals surface area contributed by atoms with Crippen molar-refractivity contribution in [3.8, 4) is 0 Å². The summed E-state index contributed by atoms with van der Waals surface area (Å²) in [6.45, 7) is 6.04. The number of nitrogens with one attached hydrogen (secondary N) is 1. The van der Waals surface area contributed by atoms with Crippen molar-refractivity contribution in [3.05, 3.63) is 24.3 Å². The van der Waals surface area contributed by atoms with Crippen LogP contribution in [-0.4, -0.2) is 57.4 Å². The van der Waals surface area contributed by atoms with Gasteiger partial charge in [0, 0.05) is 19.1 Å². The van der Waals surface area contributed by atoms with Gasteiger partial charge < -0.3 is 19.9 Å². The fourth-order valence-electron chi connectivity index (χ4n) is 3.05. The number of hydrogen-bond donors (Lipinski definition) is 1. The summed E-state index contributed by atoms with van der Waals surface area (Å²) in [5, 5.41) is 3.76. The number of hydrogen-bond acceptors (Lipinski definition) is 4. The molecule has 2 aliphatic rings. The molecule has 2 fully saturated rings. The van der Waals surface area contributed by atoms with E-state index in [1.165, 1.54) is 37.3 Å². The van der Waals surface area contributed by atoms with Gasteiger partial charge in [-0.2, -0.15) is 0 Å². The number of benzene rings is 1. The van der Waals surface area contributed by atoms with E-state index in [4.69, 9.17) is 4.74 Å². The maximum absolute atomic E-state index is 5.46. The highest BCUT2D eigenvalue weighted by Gasteiger charge is 2.19. The van der Waals surface area contributed by atoms with Gasteiger partial charge in [0.1, 0.15) is 0 Å². The SMILES string of the molecule is CN1CCC(Nc2ccccc2N2CCOCC2)CC1. The fourth-order valence-corrected chi connectivity index (χ4v) is 3.05. The minimum atomic E-state index is 0.605. The molecule has 0 spiro atoms. The summed E-state index contributed by atoms with van der Waals surface area (Å²) in [4.78, 5) is 4.84. The highest BCUT2D eigenvalue weighted by Crippen LogP contribution is 2.28. The second-order valence-electron chi connectivity index (χ2n) is 5.84. The van der Waals surface area contributed by atoms with E-state index in [-0.39, 0.29) is 0 Å². The van der Waals surface area contributed by atoms with Crippen LogP contribution in [0, 0.1) is 0 Å². The molecule has 1 aromatic carbocycles. The largest absolute Gasteiger partial charge is 0.381 e. The average molecular weight is 275 g/mol. The summed E-state index contributed by atoms with van der Waals surface area (Å²) >= 11 is 0. The Kier molecular flexibility index (Phi) is 4.43. The number of anilines is 2. The predicted octanol–water partition coefficient (Wildman–Crippen LogP) is 2.03. The normalized spacial score (nSPS) is 21.9. The summed E-state index contributed by atoms with van der Waals surface area (Å²) < 4.78 is 5.46. The standard InChI is InChI=1S/C16H25N3O/c1-18-8-6-14(7-9-18)17-15-4-2-3-5-16(15)19-10-12-20-13-11-19/h2-5,14,17H,6-13H2,1H3. The summed E-state index contributed by atoms with van der Waals surface area (Å²) in [6, 6.07) is 9.30. The lowest BCUT2D eigenvalue weighted by molar-refractivity contribution is 0.123. The van der Waals surface area contributed by atoms with Crippen molar-refractivity contribution >= 4 is 11.4 Å². The second kappa shape index (κ2) is 6.46. The smallest absolute Gasteiger partial charge is 0.0642 e. The molecule has 4 heteroatoms. The molecule has 0 radical (unpaired) electrons. The number of piperidine rings is 1. The van der Waals surface area contributed by atoms with Gasteiger partial charge in [-0.25, -0.2) is 0 Å². The van der Waals surface area contributed by atoms with Gasteiger partial charge in [-0.3, -0.25) is 0 Å². The first-order valence-electron chi connectivity index (χ1n) is 7.70. The van der Waals surface area contributed by atoms with Crippen molar-refractivity contribution in [1.82, 2.24) is 4.90 Å². The van der Waals surface area contributed by atoms with Crippen LogP contribution in [0.3, 0.4) is 0 Å². The Labute approximate surface area is 121 Å². The van der Waals surface area contributed by atoms with Gasteiger partial charge in [0.2, 0.25) is 0 Å².